The standard InChI is InChI=1S/C21H18Cl2N2O3S2/c1-25(30(27,28)18-10-8-17(29-2)9-11-18)16-6-3-14(4-7-16)21(26)24-15-5-12-19(22)20(23)13-15/h3-13H,1-2H3,(H,24,26). The molecule has 30 heavy (non-hydrogen) atoms. The van der Waals surface area contributed by atoms with Crippen molar-refractivity contribution in [3.05, 3.63) is 82.3 Å². The van der Waals surface area contributed by atoms with Gasteiger partial charge in [0.25, 0.3) is 15.9 Å². The predicted molar refractivity (Wildman–Crippen MR) is 125 cm³/mol. The van der Waals surface area contributed by atoms with E-state index in [1.54, 1.807) is 66.7 Å². The van der Waals surface area contributed by atoms with Gasteiger partial charge in [-0.3, -0.25) is 9.10 Å². The average molecular weight is 481 g/mol. The number of carbonyl (C=O) groups excluding carboxylic acids is 1. The Morgan fingerprint density at radius 2 is 1.57 bits per heavy atom. The van der Waals surface area contributed by atoms with Crippen LogP contribution in [0.5, 0.6) is 0 Å². The molecule has 9 heteroatoms. The molecule has 3 aromatic rings. The summed E-state index contributed by atoms with van der Waals surface area (Å²) in [5, 5.41) is 3.46. The third kappa shape index (κ3) is 4.92. The largest absolute Gasteiger partial charge is 0.322 e. The van der Waals surface area contributed by atoms with Gasteiger partial charge in [0.15, 0.2) is 0 Å². The summed E-state index contributed by atoms with van der Waals surface area (Å²) >= 11 is 13.4. The van der Waals surface area contributed by atoms with Crippen LogP contribution in [-0.2, 0) is 10.0 Å². The molecule has 1 N–H and O–H groups in total. The van der Waals surface area contributed by atoms with Gasteiger partial charge in [-0.05, 0) is 73.0 Å². The highest BCUT2D eigenvalue weighted by atomic mass is 35.5. The number of sulfonamides is 1. The molecular weight excluding hydrogens is 463 g/mol. The van der Waals surface area contributed by atoms with E-state index in [9.17, 15) is 13.2 Å². The summed E-state index contributed by atoms with van der Waals surface area (Å²) in [6.45, 7) is 0. The van der Waals surface area contributed by atoms with Gasteiger partial charge >= 0.3 is 0 Å². The Hall–Kier alpha value is -2.19. The molecule has 0 fully saturated rings. The molecule has 1 amide bonds. The first-order valence-corrected chi connectivity index (χ1v) is 12.1. The molecular formula is C21H18Cl2N2O3S2. The van der Waals surface area contributed by atoms with Gasteiger partial charge in [0, 0.05) is 23.2 Å². The van der Waals surface area contributed by atoms with Crippen LogP contribution in [0.1, 0.15) is 10.4 Å². The van der Waals surface area contributed by atoms with Crippen LogP contribution in [0.3, 0.4) is 0 Å². The van der Waals surface area contributed by atoms with E-state index in [0.717, 1.165) is 4.90 Å². The van der Waals surface area contributed by atoms with Crippen molar-refractivity contribution in [1.29, 1.82) is 0 Å². The van der Waals surface area contributed by atoms with Gasteiger partial charge in [0.05, 0.1) is 20.6 Å². The summed E-state index contributed by atoms with van der Waals surface area (Å²) in [6, 6.07) is 17.8. The predicted octanol–water partition coefficient (Wildman–Crippen LogP) is 5.79. The van der Waals surface area contributed by atoms with Crippen LogP contribution in [-0.4, -0.2) is 27.6 Å². The Morgan fingerprint density at radius 3 is 2.13 bits per heavy atom. The minimum absolute atomic E-state index is 0.198. The van der Waals surface area contributed by atoms with Crippen LogP contribution >= 0.6 is 35.0 Å². The van der Waals surface area contributed by atoms with E-state index in [-0.39, 0.29) is 10.8 Å². The molecule has 0 radical (unpaired) electrons. The minimum Gasteiger partial charge on any atom is -0.322 e. The highest BCUT2D eigenvalue weighted by molar-refractivity contribution is 7.98. The van der Waals surface area contributed by atoms with Gasteiger partial charge in [0.2, 0.25) is 0 Å². The zero-order chi connectivity index (χ0) is 21.9. The lowest BCUT2D eigenvalue weighted by atomic mass is 10.2. The quantitative estimate of drug-likeness (QED) is 0.453. The van der Waals surface area contributed by atoms with Crippen LogP contribution in [0.2, 0.25) is 10.0 Å². The molecule has 0 atom stereocenters. The third-order valence-corrected chi connectivity index (χ3v) is 7.67. The summed E-state index contributed by atoms with van der Waals surface area (Å²) in [6.07, 6.45) is 1.93. The summed E-state index contributed by atoms with van der Waals surface area (Å²) in [5.41, 5.74) is 1.32. The molecule has 0 spiro atoms. The van der Waals surface area contributed by atoms with E-state index in [2.05, 4.69) is 5.32 Å². The maximum Gasteiger partial charge on any atom is 0.264 e. The van der Waals surface area contributed by atoms with Gasteiger partial charge < -0.3 is 5.32 Å². The Balaban J connectivity index is 1.76. The Morgan fingerprint density at radius 1 is 0.933 bits per heavy atom. The molecule has 0 aliphatic rings. The Labute approximate surface area is 190 Å². The minimum atomic E-state index is -3.71. The Bertz CT molecular complexity index is 1170. The van der Waals surface area contributed by atoms with E-state index in [4.69, 9.17) is 23.2 Å². The van der Waals surface area contributed by atoms with Gasteiger partial charge in [-0.2, -0.15) is 0 Å². The molecule has 0 saturated carbocycles. The Kier molecular flexibility index (Phi) is 6.98. The van der Waals surface area contributed by atoms with E-state index < -0.39 is 10.0 Å². The van der Waals surface area contributed by atoms with E-state index >= 15 is 0 Å². The first kappa shape index (κ1) is 22.5. The van der Waals surface area contributed by atoms with Crippen molar-refractivity contribution in [2.24, 2.45) is 0 Å². The van der Waals surface area contributed by atoms with Crippen molar-refractivity contribution in [1.82, 2.24) is 0 Å². The summed E-state index contributed by atoms with van der Waals surface area (Å²) in [5.74, 6) is -0.349. The molecule has 0 aliphatic carbocycles. The van der Waals surface area contributed by atoms with Crippen molar-refractivity contribution in [3.8, 4) is 0 Å². The normalized spacial score (nSPS) is 11.2. The van der Waals surface area contributed by atoms with E-state index in [1.165, 1.54) is 23.1 Å². The fourth-order valence-electron chi connectivity index (χ4n) is 2.64. The molecule has 5 nitrogen and oxygen atoms in total. The number of hydrogen-bond acceptors (Lipinski definition) is 4. The number of halogens is 2. The number of benzene rings is 3. The third-order valence-electron chi connectivity index (χ3n) is 4.39. The maximum absolute atomic E-state index is 12.9. The molecule has 0 saturated heterocycles. The van der Waals surface area contributed by atoms with Crippen molar-refractivity contribution in [3.63, 3.8) is 0 Å². The first-order valence-electron chi connectivity index (χ1n) is 8.72. The highest BCUT2D eigenvalue weighted by Gasteiger charge is 2.21. The van der Waals surface area contributed by atoms with Gasteiger partial charge in [-0.1, -0.05) is 23.2 Å². The second kappa shape index (κ2) is 9.31. The fraction of sp³-hybridized carbons (Fsp3) is 0.0952. The maximum atomic E-state index is 12.9. The van der Waals surface area contributed by atoms with Crippen molar-refractivity contribution in [2.45, 2.75) is 9.79 Å². The lowest BCUT2D eigenvalue weighted by Crippen LogP contribution is -2.26. The summed E-state index contributed by atoms with van der Waals surface area (Å²) < 4.78 is 26.9. The topological polar surface area (TPSA) is 66.5 Å². The molecule has 3 aromatic carbocycles. The van der Waals surface area contributed by atoms with Crippen LogP contribution in [0.25, 0.3) is 0 Å². The molecule has 0 heterocycles. The van der Waals surface area contributed by atoms with E-state index in [0.29, 0.717) is 27.0 Å². The lowest BCUT2D eigenvalue weighted by molar-refractivity contribution is 0.102. The zero-order valence-electron chi connectivity index (χ0n) is 16.1. The number of nitrogens with zero attached hydrogens (tertiary/aromatic N) is 1. The zero-order valence-corrected chi connectivity index (χ0v) is 19.2. The van der Waals surface area contributed by atoms with E-state index in [1.807, 2.05) is 6.26 Å². The summed E-state index contributed by atoms with van der Waals surface area (Å²) in [4.78, 5) is 13.6. The van der Waals surface area contributed by atoms with Gasteiger partial charge in [0.1, 0.15) is 0 Å². The number of nitrogens with one attached hydrogen (secondary N) is 1. The van der Waals surface area contributed by atoms with Crippen molar-refractivity contribution >= 4 is 62.3 Å². The molecule has 156 valence electrons. The molecule has 0 unspecified atom stereocenters. The number of rotatable bonds is 6. The van der Waals surface area contributed by atoms with Gasteiger partial charge in [-0.25, -0.2) is 8.42 Å². The SMILES string of the molecule is CSc1ccc(S(=O)(=O)N(C)c2ccc(C(=O)Nc3ccc(Cl)c(Cl)c3)cc2)cc1. The molecule has 3 rings (SSSR count). The second-order valence-corrected chi connectivity index (χ2v) is 9.94. The number of anilines is 2. The number of thioether (sulfide) groups is 1. The first-order chi connectivity index (χ1) is 14.2. The van der Waals surface area contributed by atoms with Crippen molar-refractivity contribution < 1.29 is 13.2 Å². The smallest absolute Gasteiger partial charge is 0.264 e. The van der Waals surface area contributed by atoms with Crippen molar-refractivity contribution in [2.75, 3.05) is 22.9 Å². The molecule has 0 aromatic heterocycles. The number of hydrogen-bond donors (Lipinski definition) is 1. The summed E-state index contributed by atoms with van der Waals surface area (Å²) in [7, 11) is -2.24. The van der Waals surface area contributed by atoms with Crippen LogP contribution in [0.15, 0.2) is 76.5 Å². The highest BCUT2D eigenvalue weighted by Crippen LogP contribution is 2.26. The monoisotopic (exact) mass is 480 g/mol. The fourth-order valence-corrected chi connectivity index (χ4v) is 4.55. The van der Waals surface area contributed by atoms with Crippen LogP contribution < -0.4 is 9.62 Å². The van der Waals surface area contributed by atoms with Crippen LogP contribution in [0.4, 0.5) is 11.4 Å². The molecule has 0 aliphatic heterocycles. The number of amides is 1. The second-order valence-electron chi connectivity index (χ2n) is 6.28. The van der Waals surface area contributed by atoms with Crippen LogP contribution in [0, 0.1) is 0 Å². The number of carbonyl (C=O) groups is 1. The molecule has 0 bridgehead atoms. The lowest BCUT2D eigenvalue weighted by Gasteiger charge is -2.20. The van der Waals surface area contributed by atoms with Gasteiger partial charge in [-0.15, -0.1) is 11.8 Å². The average Bonchev–Trinajstić information content (AvgIpc) is 2.76.